The molecule has 1 N–H and O–H groups in total. The van der Waals surface area contributed by atoms with E-state index in [0.717, 1.165) is 28.6 Å². The molecular weight excluding hydrogens is 346 g/mol. The Morgan fingerprint density at radius 2 is 2.05 bits per heavy atom. The second kappa shape index (κ2) is 7.58. The number of methoxy groups -OCH3 is 1. The normalized spacial score (nSPS) is 15.7. The van der Waals surface area contributed by atoms with Crippen LogP contribution in [-0.4, -0.2) is 24.9 Å². The van der Waals surface area contributed by atoms with Crippen LogP contribution in [0.15, 0.2) is 28.7 Å². The highest BCUT2D eigenvalue weighted by Gasteiger charge is 2.20. The van der Waals surface area contributed by atoms with Crippen LogP contribution in [-0.2, 0) is 9.53 Å². The third-order valence-corrected chi connectivity index (χ3v) is 4.41. The van der Waals surface area contributed by atoms with E-state index in [1.54, 1.807) is 13.0 Å². The molecule has 22 heavy (non-hydrogen) atoms. The van der Waals surface area contributed by atoms with Crippen LogP contribution in [0.2, 0.25) is 0 Å². The van der Waals surface area contributed by atoms with E-state index in [9.17, 15) is 4.79 Å². The van der Waals surface area contributed by atoms with E-state index in [4.69, 9.17) is 10.1 Å². The minimum Gasteiger partial charge on any atom is -0.489 e. The third kappa shape index (κ3) is 3.77. The summed E-state index contributed by atoms with van der Waals surface area (Å²) in [5, 5.41) is 7.91. The lowest BCUT2D eigenvalue weighted by Crippen LogP contribution is -2.16. The van der Waals surface area contributed by atoms with Crippen LogP contribution in [0.4, 0.5) is 0 Å². The predicted molar refractivity (Wildman–Crippen MR) is 90.4 cm³/mol. The van der Waals surface area contributed by atoms with Crippen molar-refractivity contribution in [2.24, 2.45) is 0 Å². The highest BCUT2D eigenvalue weighted by molar-refractivity contribution is 9.10. The fraction of sp³-hybridized carbons (Fsp3) is 0.412. The van der Waals surface area contributed by atoms with Gasteiger partial charge in [-0.15, -0.1) is 0 Å². The van der Waals surface area contributed by atoms with Gasteiger partial charge in [-0.25, -0.2) is 4.79 Å². The van der Waals surface area contributed by atoms with Crippen LogP contribution in [0.25, 0.3) is 5.57 Å². The molecule has 4 nitrogen and oxygen atoms in total. The van der Waals surface area contributed by atoms with Gasteiger partial charge in [0, 0.05) is 5.57 Å². The number of hydrogen-bond donors (Lipinski definition) is 1. The van der Waals surface area contributed by atoms with E-state index in [1.165, 1.54) is 20.0 Å². The second-order valence-corrected chi connectivity index (χ2v) is 6.09. The van der Waals surface area contributed by atoms with Crippen molar-refractivity contribution in [3.05, 3.63) is 34.3 Å². The van der Waals surface area contributed by atoms with Crippen LogP contribution in [0, 0.1) is 5.41 Å². The van der Waals surface area contributed by atoms with Gasteiger partial charge < -0.3 is 9.47 Å². The molecule has 0 spiro atoms. The summed E-state index contributed by atoms with van der Waals surface area (Å²) < 4.78 is 11.4. The number of halogens is 1. The van der Waals surface area contributed by atoms with Crippen LogP contribution >= 0.6 is 15.9 Å². The maximum atomic E-state index is 11.5. The molecule has 0 unspecified atom stereocenters. The van der Waals surface area contributed by atoms with Gasteiger partial charge in [-0.2, -0.15) is 0 Å². The van der Waals surface area contributed by atoms with Gasteiger partial charge in [-0.1, -0.05) is 12.1 Å². The lowest BCUT2D eigenvalue weighted by molar-refractivity contribution is -0.132. The number of hydrogen-bond acceptors (Lipinski definition) is 4. The van der Waals surface area contributed by atoms with E-state index >= 15 is 0 Å². The molecule has 1 aromatic carbocycles. The molecule has 0 heterocycles. The van der Waals surface area contributed by atoms with Gasteiger partial charge in [-0.3, -0.25) is 5.41 Å². The van der Waals surface area contributed by atoms with Crippen molar-refractivity contribution < 1.29 is 14.3 Å². The molecule has 1 aliphatic carbocycles. The van der Waals surface area contributed by atoms with E-state index < -0.39 is 5.97 Å². The number of carbonyl (C=O) groups excluding carboxylic acids is 1. The van der Waals surface area contributed by atoms with Gasteiger partial charge in [0.1, 0.15) is 11.5 Å². The summed E-state index contributed by atoms with van der Waals surface area (Å²) in [7, 11) is 1.28. The number of benzene rings is 1. The van der Waals surface area contributed by atoms with Gasteiger partial charge in [0.25, 0.3) is 0 Å². The number of allylic oxidation sites excluding steroid dienone is 1. The van der Waals surface area contributed by atoms with Crippen LogP contribution < -0.4 is 4.74 Å². The van der Waals surface area contributed by atoms with Crippen molar-refractivity contribution in [3.63, 3.8) is 0 Å². The maximum absolute atomic E-state index is 11.5. The molecule has 5 heteroatoms. The average Bonchev–Trinajstić information content (AvgIpc) is 3.02. The number of carbonyl (C=O) groups is 1. The Labute approximate surface area is 139 Å². The quantitative estimate of drug-likeness (QED) is 0.622. The lowest BCUT2D eigenvalue weighted by atomic mass is 10.0. The molecule has 118 valence electrons. The van der Waals surface area contributed by atoms with Gasteiger partial charge in [-0.05, 0) is 66.2 Å². The lowest BCUT2D eigenvalue weighted by Gasteiger charge is -2.16. The first-order valence-corrected chi connectivity index (χ1v) is 8.16. The topological polar surface area (TPSA) is 59.4 Å². The average molecular weight is 366 g/mol. The Bertz CT molecular complexity index is 604. The summed E-state index contributed by atoms with van der Waals surface area (Å²) in [6, 6.07) is 5.62. The Balaban J connectivity index is 2.20. The fourth-order valence-corrected chi connectivity index (χ4v) is 3.09. The summed E-state index contributed by atoms with van der Waals surface area (Å²) in [5.74, 6) is 0.159. The molecule has 1 fully saturated rings. The smallest absolute Gasteiger partial charge is 0.356 e. The Kier molecular flexibility index (Phi) is 5.77. The summed E-state index contributed by atoms with van der Waals surface area (Å²) >= 11 is 3.52. The molecule has 1 saturated carbocycles. The third-order valence-electron chi connectivity index (χ3n) is 3.79. The van der Waals surface area contributed by atoms with Crippen molar-refractivity contribution in [3.8, 4) is 5.75 Å². The van der Waals surface area contributed by atoms with Crippen LogP contribution in [0.5, 0.6) is 5.75 Å². The zero-order valence-corrected chi connectivity index (χ0v) is 14.4. The number of ether oxygens (including phenoxy) is 2. The van der Waals surface area contributed by atoms with E-state index in [1.807, 2.05) is 18.2 Å². The first kappa shape index (κ1) is 16.7. The largest absolute Gasteiger partial charge is 0.489 e. The van der Waals surface area contributed by atoms with Gasteiger partial charge >= 0.3 is 5.97 Å². The first-order chi connectivity index (χ1) is 10.6. The summed E-state index contributed by atoms with van der Waals surface area (Å²) in [4.78, 5) is 11.5. The molecule has 0 saturated heterocycles. The minimum absolute atomic E-state index is 0.152. The van der Waals surface area contributed by atoms with Gasteiger partial charge in [0.15, 0.2) is 0 Å². The zero-order chi connectivity index (χ0) is 16.1. The SMILES string of the molecule is C/C=C(\C(=N)C(=O)OC)c1ccc(OC2CCCC2)c(Br)c1. The zero-order valence-electron chi connectivity index (χ0n) is 12.8. The van der Waals surface area contributed by atoms with Crippen molar-refractivity contribution in [1.29, 1.82) is 5.41 Å². The molecule has 1 aromatic rings. The molecule has 0 bridgehead atoms. The number of nitrogens with one attached hydrogen (secondary N) is 1. The monoisotopic (exact) mass is 365 g/mol. The summed E-state index contributed by atoms with van der Waals surface area (Å²) in [6.07, 6.45) is 6.66. The van der Waals surface area contributed by atoms with E-state index in [0.29, 0.717) is 5.57 Å². The molecule has 1 aliphatic rings. The minimum atomic E-state index is -0.643. The highest BCUT2D eigenvalue weighted by Crippen LogP contribution is 2.32. The van der Waals surface area contributed by atoms with E-state index in [-0.39, 0.29) is 11.8 Å². The van der Waals surface area contributed by atoms with Crippen LogP contribution in [0.1, 0.15) is 38.2 Å². The second-order valence-electron chi connectivity index (χ2n) is 5.24. The molecular formula is C17H20BrNO3. The molecule has 2 rings (SSSR count). The summed E-state index contributed by atoms with van der Waals surface area (Å²) in [6.45, 7) is 1.80. The van der Waals surface area contributed by atoms with Crippen LogP contribution in [0.3, 0.4) is 0 Å². The van der Waals surface area contributed by atoms with E-state index in [2.05, 4.69) is 20.7 Å². The molecule has 0 aliphatic heterocycles. The van der Waals surface area contributed by atoms with Crippen molar-refractivity contribution in [1.82, 2.24) is 0 Å². The van der Waals surface area contributed by atoms with Gasteiger partial charge in [0.05, 0.1) is 17.7 Å². The fourth-order valence-electron chi connectivity index (χ4n) is 2.62. The Morgan fingerprint density at radius 1 is 1.36 bits per heavy atom. The summed E-state index contributed by atoms with van der Waals surface area (Å²) in [5.41, 5.74) is 1.17. The molecule has 0 aromatic heterocycles. The standard InChI is InChI=1S/C17H20BrNO3/c1-3-13(16(19)17(20)21-2)11-8-9-15(14(18)10-11)22-12-6-4-5-7-12/h3,8-10,12,19H,4-7H2,1-2H3/b13-3-,19-16?. The number of esters is 1. The Morgan fingerprint density at radius 3 is 2.59 bits per heavy atom. The predicted octanol–water partition coefficient (Wildman–Crippen LogP) is 4.37. The maximum Gasteiger partial charge on any atom is 0.356 e. The molecule has 0 radical (unpaired) electrons. The van der Waals surface area contributed by atoms with Gasteiger partial charge in [0.2, 0.25) is 0 Å². The number of rotatable bonds is 5. The highest BCUT2D eigenvalue weighted by atomic mass is 79.9. The first-order valence-electron chi connectivity index (χ1n) is 7.37. The molecule has 0 atom stereocenters. The molecule has 0 amide bonds. The van der Waals surface area contributed by atoms with Crippen molar-refractivity contribution in [2.75, 3.05) is 7.11 Å². The van der Waals surface area contributed by atoms with Crippen molar-refractivity contribution in [2.45, 2.75) is 38.7 Å². The Hall–Kier alpha value is -1.62. The van der Waals surface area contributed by atoms with Crippen molar-refractivity contribution >= 4 is 33.2 Å².